The number of halogens is 1. The highest BCUT2D eigenvalue weighted by Crippen LogP contribution is 2.25. The number of nitrogens with zero attached hydrogens (tertiary/aromatic N) is 2. The molecule has 1 aliphatic carbocycles. The highest BCUT2D eigenvalue weighted by atomic mass is 19.1. The molecule has 0 atom stereocenters. The van der Waals surface area contributed by atoms with Crippen LogP contribution in [0.4, 0.5) is 21.7 Å². The van der Waals surface area contributed by atoms with E-state index in [0.717, 1.165) is 24.9 Å². The second kappa shape index (κ2) is 8.10. The zero-order valence-electron chi connectivity index (χ0n) is 17.0. The highest BCUT2D eigenvalue weighted by molar-refractivity contribution is 5.91. The number of fused-ring (bicyclic) bond motifs is 1. The maximum atomic E-state index is 13.6. The average Bonchev–Trinajstić information content (AvgIpc) is 3.15. The van der Waals surface area contributed by atoms with Gasteiger partial charge in [0.25, 0.3) is 5.56 Å². The van der Waals surface area contributed by atoms with E-state index in [2.05, 4.69) is 15.6 Å². The molecule has 0 saturated heterocycles. The van der Waals surface area contributed by atoms with Crippen molar-refractivity contribution < 1.29 is 9.18 Å². The first-order chi connectivity index (χ1) is 14.4. The molecule has 1 aromatic heterocycles. The summed E-state index contributed by atoms with van der Waals surface area (Å²) in [5, 5.41) is 5.90. The van der Waals surface area contributed by atoms with Gasteiger partial charge >= 0.3 is 0 Å². The summed E-state index contributed by atoms with van der Waals surface area (Å²) in [6.07, 6.45) is 3.23. The molecule has 0 fully saturated rings. The molecular weight excluding hydrogens is 383 g/mol. The standard InChI is InChI=1S/C23H23FN4O2/c1-14-10-18(8-9-20(14)24)27-23-25-15(2)11-22(30)28(23)13-21(29)26-19-7-6-16-4-3-5-17(16)12-19/h6-12H,3-5,13H2,1-2H3,(H,25,27)(H,26,29). The quantitative estimate of drug-likeness (QED) is 0.674. The number of benzene rings is 2. The van der Waals surface area contributed by atoms with Crippen molar-refractivity contribution >= 4 is 23.2 Å². The van der Waals surface area contributed by atoms with Crippen LogP contribution in [0.1, 0.15) is 28.8 Å². The van der Waals surface area contributed by atoms with Crippen molar-refractivity contribution in [2.45, 2.75) is 39.7 Å². The minimum atomic E-state index is -0.340. The van der Waals surface area contributed by atoms with Gasteiger partial charge < -0.3 is 10.6 Å². The summed E-state index contributed by atoms with van der Waals surface area (Å²) in [5.41, 5.74) is 4.54. The number of nitrogens with one attached hydrogen (secondary N) is 2. The third-order valence-electron chi connectivity index (χ3n) is 5.23. The van der Waals surface area contributed by atoms with Crippen molar-refractivity contribution in [2.75, 3.05) is 10.6 Å². The van der Waals surface area contributed by atoms with Gasteiger partial charge in [0.2, 0.25) is 11.9 Å². The third kappa shape index (κ3) is 4.25. The summed E-state index contributed by atoms with van der Waals surface area (Å²) >= 11 is 0. The zero-order valence-corrected chi connectivity index (χ0v) is 17.0. The maximum absolute atomic E-state index is 13.6. The van der Waals surface area contributed by atoms with Gasteiger partial charge in [0.15, 0.2) is 0 Å². The van der Waals surface area contributed by atoms with E-state index in [1.165, 1.54) is 27.8 Å². The van der Waals surface area contributed by atoms with Gasteiger partial charge in [0, 0.05) is 23.1 Å². The first-order valence-electron chi connectivity index (χ1n) is 9.92. The number of carbonyl (C=O) groups excluding carboxylic acids is 1. The number of hydrogen-bond acceptors (Lipinski definition) is 4. The minimum Gasteiger partial charge on any atom is -0.326 e. The first-order valence-corrected chi connectivity index (χ1v) is 9.92. The summed E-state index contributed by atoms with van der Waals surface area (Å²) in [6, 6.07) is 11.8. The van der Waals surface area contributed by atoms with Crippen LogP contribution in [0.3, 0.4) is 0 Å². The molecule has 3 aromatic rings. The van der Waals surface area contributed by atoms with Gasteiger partial charge in [-0.1, -0.05) is 6.07 Å². The van der Waals surface area contributed by atoms with E-state index >= 15 is 0 Å². The van der Waals surface area contributed by atoms with Crippen molar-refractivity contribution in [3.63, 3.8) is 0 Å². The molecule has 0 aliphatic heterocycles. The number of carbonyl (C=O) groups is 1. The number of hydrogen-bond donors (Lipinski definition) is 2. The van der Waals surface area contributed by atoms with Crippen LogP contribution < -0.4 is 16.2 Å². The summed E-state index contributed by atoms with van der Waals surface area (Å²) in [7, 11) is 0. The van der Waals surface area contributed by atoms with E-state index in [9.17, 15) is 14.0 Å². The van der Waals surface area contributed by atoms with Crippen LogP contribution in [-0.4, -0.2) is 15.5 Å². The number of anilines is 3. The van der Waals surface area contributed by atoms with Gasteiger partial charge in [0.1, 0.15) is 12.4 Å². The molecule has 0 spiro atoms. The number of rotatable bonds is 5. The molecule has 0 saturated carbocycles. The molecule has 0 unspecified atom stereocenters. The van der Waals surface area contributed by atoms with Crippen molar-refractivity contribution in [3.05, 3.63) is 81.0 Å². The van der Waals surface area contributed by atoms with Gasteiger partial charge in [-0.15, -0.1) is 0 Å². The third-order valence-corrected chi connectivity index (χ3v) is 5.23. The van der Waals surface area contributed by atoms with Crippen LogP contribution >= 0.6 is 0 Å². The summed E-state index contributed by atoms with van der Waals surface area (Å²) in [4.78, 5) is 29.6. The van der Waals surface area contributed by atoms with Gasteiger partial charge in [-0.25, -0.2) is 9.37 Å². The molecule has 1 amide bonds. The minimum absolute atomic E-state index is 0.189. The Morgan fingerprint density at radius 3 is 2.63 bits per heavy atom. The fraction of sp³-hybridized carbons (Fsp3) is 0.261. The molecular formula is C23H23FN4O2. The monoisotopic (exact) mass is 406 g/mol. The molecule has 154 valence electrons. The molecule has 2 N–H and O–H groups in total. The lowest BCUT2D eigenvalue weighted by molar-refractivity contribution is -0.116. The van der Waals surface area contributed by atoms with Crippen LogP contribution in [-0.2, 0) is 24.2 Å². The molecule has 30 heavy (non-hydrogen) atoms. The first kappa shape index (κ1) is 19.8. The highest BCUT2D eigenvalue weighted by Gasteiger charge is 2.15. The molecule has 1 heterocycles. The van der Waals surface area contributed by atoms with E-state index < -0.39 is 0 Å². The number of amides is 1. The van der Waals surface area contributed by atoms with E-state index in [1.54, 1.807) is 26.0 Å². The Balaban J connectivity index is 1.56. The van der Waals surface area contributed by atoms with Gasteiger partial charge in [-0.3, -0.25) is 14.2 Å². The summed E-state index contributed by atoms with van der Waals surface area (Å²) < 4.78 is 14.8. The predicted octanol–water partition coefficient (Wildman–Crippen LogP) is 3.87. The largest absolute Gasteiger partial charge is 0.326 e. The molecule has 0 radical (unpaired) electrons. The van der Waals surface area contributed by atoms with Crippen LogP contribution in [0.2, 0.25) is 0 Å². The second-order valence-electron chi connectivity index (χ2n) is 7.62. The molecule has 7 heteroatoms. The molecule has 4 rings (SSSR count). The smallest absolute Gasteiger partial charge is 0.255 e. The number of aryl methyl sites for hydroxylation is 4. The van der Waals surface area contributed by atoms with Crippen molar-refractivity contribution in [2.24, 2.45) is 0 Å². The van der Waals surface area contributed by atoms with Crippen molar-refractivity contribution in [3.8, 4) is 0 Å². The number of aromatic nitrogens is 2. The van der Waals surface area contributed by atoms with E-state index in [1.807, 2.05) is 18.2 Å². The van der Waals surface area contributed by atoms with Crippen LogP contribution in [0.15, 0.2) is 47.3 Å². The summed E-state index contributed by atoms with van der Waals surface area (Å²) in [5.74, 6) is -0.405. The summed E-state index contributed by atoms with van der Waals surface area (Å²) in [6.45, 7) is 3.17. The SMILES string of the molecule is Cc1cc(=O)n(CC(=O)Nc2ccc3c(c2)CCC3)c(Nc2ccc(F)c(C)c2)n1. The Morgan fingerprint density at radius 1 is 1.07 bits per heavy atom. The van der Waals surface area contributed by atoms with E-state index in [-0.39, 0.29) is 29.8 Å². The Hall–Kier alpha value is -3.48. The van der Waals surface area contributed by atoms with Crippen molar-refractivity contribution in [1.82, 2.24) is 9.55 Å². The lowest BCUT2D eigenvalue weighted by atomic mass is 10.1. The fourth-order valence-electron chi connectivity index (χ4n) is 3.71. The Bertz CT molecular complexity index is 1190. The topological polar surface area (TPSA) is 76.0 Å². The van der Waals surface area contributed by atoms with Crippen LogP contribution in [0.5, 0.6) is 0 Å². The van der Waals surface area contributed by atoms with E-state index in [0.29, 0.717) is 16.9 Å². The Kier molecular flexibility index (Phi) is 5.35. The normalized spacial score (nSPS) is 12.5. The zero-order chi connectivity index (χ0) is 21.3. The van der Waals surface area contributed by atoms with Crippen LogP contribution in [0, 0.1) is 19.7 Å². The molecule has 0 bridgehead atoms. The van der Waals surface area contributed by atoms with Crippen molar-refractivity contribution in [1.29, 1.82) is 0 Å². The fourth-order valence-corrected chi connectivity index (χ4v) is 3.71. The Morgan fingerprint density at radius 2 is 1.83 bits per heavy atom. The van der Waals surface area contributed by atoms with E-state index in [4.69, 9.17) is 0 Å². The van der Waals surface area contributed by atoms with Crippen LogP contribution in [0.25, 0.3) is 0 Å². The Labute approximate surface area is 173 Å². The van der Waals surface area contributed by atoms with Gasteiger partial charge in [0.05, 0.1) is 0 Å². The predicted molar refractivity (Wildman–Crippen MR) is 115 cm³/mol. The second-order valence-corrected chi connectivity index (χ2v) is 7.62. The lowest BCUT2D eigenvalue weighted by Crippen LogP contribution is -2.30. The lowest BCUT2D eigenvalue weighted by Gasteiger charge is -2.15. The van der Waals surface area contributed by atoms with Gasteiger partial charge in [-0.2, -0.15) is 0 Å². The molecule has 1 aliphatic rings. The average molecular weight is 406 g/mol. The maximum Gasteiger partial charge on any atom is 0.255 e. The molecule has 2 aromatic carbocycles. The van der Waals surface area contributed by atoms with Gasteiger partial charge in [-0.05, 0) is 80.1 Å². The molecule has 6 nitrogen and oxygen atoms in total.